The molecule has 0 aliphatic carbocycles. The minimum Gasteiger partial charge on any atom is -0.277 e. The highest BCUT2D eigenvalue weighted by atomic mass is 35.5. The number of nitriles is 1. The van der Waals surface area contributed by atoms with Gasteiger partial charge in [-0.15, -0.1) is 11.3 Å². The molecule has 9 nitrogen and oxygen atoms in total. The first-order valence-corrected chi connectivity index (χ1v) is 15.7. The number of carbonyl (C=O) groups is 1. The molecule has 0 N–H and O–H groups in total. The third-order valence-corrected chi connectivity index (χ3v) is 10.6. The van der Waals surface area contributed by atoms with Crippen LogP contribution in [0.2, 0.25) is 4.34 Å². The number of alkyl halides is 3. The Morgan fingerprint density at radius 1 is 1.10 bits per heavy atom. The quantitative estimate of drug-likeness (QED) is 0.277. The number of hydrogen-bond acceptors (Lipinski definition) is 7. The molecule has 4 rings (SSSR count). The van der Waals surface area contributed by atoms with E-state index in [4.69, 9.17) is 18.2 Å². The summed E-state index contributed by atoms with van der Waals surface area (Å²) in [4.78, 5) is 17.6. The maximum Gasteiger partial charge on any atom is 0.416 e. The zero-order valence-corrected chi connectivity index (χ0v) is 24.0. The molecule has 0 saturated heterocycles. The van der Waals surface area contributed by atoms with E-state index in [1.165, 1.54) is 19.1 Å². The molecule has 2 heterocycles. The second kappa shape index (κ2) is 11.4. The molecule has 0 bridgehead atoms. The van der Waals surface area contributed by atoms with Crippen molar-refractivity contribution in [2.45, 2.75) is 35.7 Å². The van der Waals surface area contributed by atoms with Crippen LogP contribution in [0.3, 0.4) is 0 Å². The van der Waals surface area contributed by atoms with E-state index in [2.05, 4.69) is 4.85 Å². The van der Waals surface area contributed by atoms with Crippen LogP contribution in [0.15, 0.2) is 75.1 Å². The molecule has 0 saturated carbocycles. The molecule has 0 unspecified atom stereocenters. The smallest absolute Gasteiger partial charge is 0.277 e. The largest absolute Gasteiger partial charge is 0.416 e. The third kappa shape index (κ3) is 5.73. The van der Waals surface area contributed by atoms with Crippen molar-refractivity contribution in [3.63, 3.8) is 0 Å². The summed E-state index contributed by atoms with van der Waals surface area (Å²) in [6.45, 7) is 9.11. The first kappa shape index (κ1) is 32.6. The second-order valence-electron chi connectivity index (χ2n) is 8.65. The number of allylic oxidation sites excluding steroid dienone is 1. The molecule has 1 atom stereocenters. The Bertz CT molecular complexity index is 1920. The van der Waals surface area contributed by atoms with Crippen LogP contribution >= 0.6 is 22.9 Å². The predicted octanol–water partition coefficient (Wildman–Crippen LogP) is 6.85. The Hall–Kier alpha value is -3.89. The predicted molar refractivity (Wildman–Crippen MR) is 151 cm³/mol. The summed E-state index contributed by atoms with van der Waals surface area (Å²) in [5, 5.41) is 9.32. The van der Waals surface area contributed by atoms with E-state index >= 15 is 0 Å². The van der Waals surface area contributed by atoms with E-state index in [9.17, 15) is 40.1 Å². The SMILES string of the molecule is C.[C-]#[N+]C1=C(C)N(c2cccc(C(F)(F)F)c2)C(=O)N(S(=O)(=O)c2ccc(Cl)s2)[C@@H]1c1ccc(C#N)cc1S(C)(=O)=O. The monoisotopic (exact) mass is 656 g/mol. The van der Waals surface area contributed by atoms with Crippen LogP contribution in [-0.4, -0.2) is 33.4 Å². The molecule has 42 heavy (non-hydrogen) atoms. The number of sulfonamides is 1. The van der Waals surface area contributed by atoms with Crippen LogP contribution in [0.1, 0.15) is 37.1 Å². The average Bonchev–Trinajstić information content (AvgIpc) is 3.34. The summed E-state index contributed by atoms with van der Waals surface area (Å²) < 4.78 is 93.9. The minimum absolute atomic E-state index is 0. The molecule has 16 heteroatoms. The van der Waals surface area contributed by atoms with Gasteiger partial charge in [-0.2, -0.15) is 18.4 Å². The van der Waals surface area contributed by atoms with Gasteiger partial charge in [-0.25, -0.2) is 30.8 Å². The van der Waals surface area contributed by atoms with Crippen molar-refractivity contribution in [2.75, 3.05) is 11.2 Å². The number of nitrogens with zero attached hydrogens (tertiary/aromatic N) is 4. The number of rotatable bonds is 5. The van der Waals surface area contributed by atoms with Crippen molar-refractivity contribution in [3.8, 4) is 6.07 Å². The summed E-state index contributed by atoms with van der Waals surface area (Å²) in [7, 11) is -9.06. The number of sulfone groups is 1. The fourth-order valence-corrected chi connectivity index (χ4v) is 8.25. The number of anilines is 1. The number of urea groups is 1. The van der Waals surface area contributed by atoms with E-state index in [1.54, 1.807) is 6.07 Å². The molecule has 220 valence electrons. The Balaban J connectivity index is 0.00000484. The van der Waals surface area contributed by atoms with Crippen LogP contribution in [0.5, 0.6) is 0 Å². The molecule has 0 fully saturated rings. The van der Waals surface area contributed by atoms with E-state index in [-0.39, 0.29) is 38.6 Å². The van der Waals surface area contributed by atoms with Gasteiger partial charge in [0.1, 0.15) is 10.3 Å². The van der Waals surface area contributed by atoms with Crippen molar-refractivity contribution >= 4 is 54.5 Å². The third-order valence-electron chi connectivity index (χ3n) is 6.03. The van der Waals surface area contributed by atoms with E-state index < -0.39 is 58.5 Å². The number of benzene rings is 2. The lowest BCUT2D eigenvalue weighted by Gasteiger charge is -2.41. The number of thiophene rings is 1. The average molecular weight is 657 g/mol. The van der Waals surface area contributed by atoms with Crippen LogP contribution in [0.25, 0.3) is 4.85 Å². The lowest BCUT2D eigenvalue weighted by Crippen LogP contribution is -2.51. The van der Waals surface area contributed by atoms with E-state index in [1.807, 2.05) is 0 Å². The highest BCUT2D eigenvalue weighted by molar-refractivity contribution is 7.92. The molecule has 1 aliphatic rings. The van der Waals surface area contributed by atoms with Gasteiger partial charge in [-0.05, 0) is 55.0 Å². The fraction of sp³-hybridized carbons (Fsp3) is 0.192. The van der Waals surface area contributed by atoms with Gasteiger partial charge < -0.3 is 0 Å². The Labute approximate surface area is 249 Å². The minimum atomic E-state index is -4.89. The first-order chi connectivity index (χ1) is 19.0. The summed E-state index contributed by atoms with van der Waals surface area (Å²) in [6.07, 6.45) is -4.00. The van der Waals surface area contributed by atoms with Crippen LogP contribution < -0.4 is 4.90 Å². The standard InChI is InChI=1S/C25H16ClF3N4O5S3.CH4/c1-14-22(31-2)23(18-8-7-15(13-30)11-19(18)40(3,35)36)33(41(37,38)21-10-9-20(26)39-21)24(34)32(14)17-6-4-5-16(12-17)25(27,28)29;/h4-12,23H,1,3H3;1H4/t23-;/m1./s1. The topological polar surface area (TPSA) is 120 Å². The number of carbonyl (C=O) groups excluding carboxylic acids is 1. The van der Waals surface area contributed by atoms with Gasteiger partial charge in [0.2, 0.25) is 5.70 Å². The molecular formula is C26H20ClF3N4O5S3. The molecule has 3 aromatic rings. The van der Waals surface area contributed by atoms with Crippen LogP contribution in [-0.2, 0) is 26.0 Å². The lowest BCUT2D eigenvalue weighted by atomic mass is 9.98. The van der Waals surface area contributed by atoms with Gasteiger partial charge in [-0.1, -0.05) is 31.2 Å². The van der Waals surface area contributed by atoms with Crippen LogP contribution in [0.4, 0.5) is 23.7 Å². The normalized spacial score (nSPS) is 16.1. The zero-order chi connectivity index (χ0) is 30.5. The van der Waals surface area contributed by atoms with Crippen molar-refractivity contribution in [1.29, 1.82) is 5.26 Å². The Kier molecular flexibility index (Phi) is 8.87. The lowest BCUT2D eigenvalue weighted by molar-refractivity contribution is -0.137. The highest BCUT2D eigenvalue weighted by Gasteiger charge is 2.49. The first-order valence-electron chi connectivity index (χ1n) is 11.2. The molecule has 0 radical (unpaired) electrons. The number of halogens is 4. The van der Waals surface area contributed by atoms with Crippen molar-refractivity contribution < 1.29 is 34.8 Å². The van der Waals surface area contributed by atoms with Gasteiger partial charge in [0, 0.05) is 17.6 Å². The zero-order valence-electron chi connectivity index (χ0n) is 20.8. The number of amides is 2. The van der Waals surface area contributed by atoms with Gasteiger partial charge in [0.15, 0.2) is 9.84 Å². The maximum atomic E-state index is 14.1. The van der Waals surface area contributed by atoms with Crippen molar-refractivity contribution in [2.24, 2.45) is 0 Å². The van der Waals surface area contributed by atoms with Gasteiger partial charge in [-0.3, -0.25) is 4.90 Å². The fourth-order valence-electron chi connectivity index (χ4n) is 4.24. The summed E-state index contributed by atoms with van der Waals surface area (Å²) >= 11 is 6.52. The molecule has 0 spiro atoms. The van der Waals surface area contributed by atoms with Gasteiger partial charge >= 0.3 is 12.2 Å². The summed E-state index contributed by atoms with van der Waals surface area (Å²) in [5.74, 6) is 0. The van der Waals surface area contributed by atoms with Gasteiger partial charge in [0.25, 0.3) is 10.0 Å². The van der Waals surface area contributed by atoms with Gasteiger partial charge in [0.05, 0.1) is 33.0 Å². The van der Waals surface area contributed by atoms with E-state index in [0.717, 1.165) is 42.7 Å². The summed E-state index contributed by atoms with van der Waals surface area (Å²) in [5.41, 5.74) is -2.59. The molecule has 2 aromatic carbocycles. The molecule has 2 amide bonds. The molecule has 1 aliphatic heterocycles. The van der Waals surface area contributed by atoms with E-state index in [0.29, 0.717) is 22.3 Å². The Morgan fingerprint density at radius 2 is 1.76 bits per heavy atom. The number of hydrogen-bond donors (Lipinski definition) is 0. The summed E-state index contributed by atoms with van der Waals surface area (Å²) in [6, 6.07) is 7.72. The Morgan fingerprint density at radius 3 is 2.29 bits per heavy atom. The van der Waals surface area contributed by atoms with Crippen molar-refractivity contribution in [1.82, 2.24) is 4.31 Å². The molecule has 1 aromatic heterocycles. The van der Waals surface area contributed by atoms with Crippen LogP contribution in [0, 0.1) is 17.9 Å². The highest BCUT2D eigenvalue weighted by Crippen LogP contribution is 2.46. The van der Waals surface area contributed by atoms with Crippen molar-refractivity contribution in [3.05, 3.63) is 98.4 Å². The second-order valence-corrected chi connectivity index (χ2v) is 14.4. The maximum absolute atomic E-state index is 14.1. The molecular weight excluding hydrogens is 637 g/mol.